The topological polar surface area (TPSA) is 54.9 Å². The molecule has 1 aromatic carbocycles. The van der Waals surface area contributed by atoms with Crippen molar-refractivity contribution in [2.75, 3.05) is 11.5 Å². The quantitative estimate of drug-likeness (QED) is 0.823. The number of H-pyrrole nitrogens is 1. The van der Waals surface area contributed by atoms with Crippen LogP contribution in [0, 0.1) is 11.7 Å². The lowest BCUT2D eigenvalue weighted by Gasteiger charge is -2.25. The van der Waals surface area contributed by atoms with Gasteiger partial charge in [-0.25, -0.2) is 8.42 Å². The van der Waals surface area contributed by atoms with E-state index >= 15 is 0 Å². The molecule has 102 valence electrons. The molecule has 0 radical (unpaired) electrons. The predicted molar refractivity (Wildman–Crippen MR) is 78.8 cm³/mol. The van der Waals surface area contributed by atoms with E-state index in [2.05, 4.69) is 4.98 Å². The van der Waals surface area contributed by atoms with Crippen LogP contribution in [0.25, 0.3) is 11.0 Å². The van der Waals surface area contributed by atoms with Crippen LogP contribution in [0.3, 0.4) is 0 Å². The number of hydrogen-bond donors (Lipinski definition) is 1. The fraction of sp³-hybridized carbons (Fsp3) is 0.462. The van der Waals surface area contributed by atoms with Gasteiger partial charge >= 0.3 is 0 Å². The zero-order chi connectivity index (χ0) is 13.8. The van der Waals surface area contributed by atoms with Crippen molar-refractivity contribution in [2.45, 2.75) is 25.8 Å². The number of aromatic amines is 1. The highest BCUT2D eigenvalue weighted by Gasteiger charge is 2.41. The Morgan fingerprint density at radius 1 is 1.42 bits per heavy atom. The highest BCUT2D eigenvalue weighted by Crippen LogP contribution is 2.34. The molecule has 1 aliphatic heterocycles. The summed E-state index contributed by atoms with van der Waals surface area (Å²) >= 11 is 5.39. The molecule has 0 spiro atoms. The first-order valence-corrected chi connectivity index (χ1v) is 8.46. The molecule has 1 atom stereocenters. The van der Waals surface area contributed by atoms with E-state index in [1.807, 2.05) is 36.6 Å². The van der Waals surface area contributed by atoms with Crippen LogP contribution in [0.1, 0.15) is 18.9 Å². The normalized spacial score (nSPS) is 26.0. The second kappa shape index (κ2) is 3.93. The molecule has 1 saturated heterocycles. The molecule has 3 rings (SSSR count). The molecule has 2 heterocycles. The second-order valence-corrected chi connectivity index (χ2v) is 8.20. The van der Waals surface area contributed by atoms with Gasteiger partial charge in [0.05, 0.1) is 28.1 Å². The molecule has 6 heteroatoms. The standard InChI is InChI=1S/C13H16N2O2S2/c1-9-3-4-11-10(7-9)14-12(18)15(11)13(2)5-6-19(16,17)8-13/h3-4,7H,5-6,8H2,1-2H3,(H,14,18). The van der Waals surface area contributed by atoms with Gasteiger partial charge in [0.2, 0.25) is 0 Å². The third-order valence-electron chi connectivity index (χ3n) is 3.86. The van der Waals surface area contributed by atoms with Crippen molar-refractivity contribution >= 4 is 33.1 Å². The van der Waals surface area contributed by atoms with Crippen LogP contribution in [0.15, 0.2) is 18.2 Å². The molecule has 1 aromatic heterocycles. The Morgan fingerprint density at radius 3 is 2.79 bits per heavy atom. The summed E-state index contributed by atoms with van der Waals surface area (Å²) in [5, 5.41) is 0. The van der Waals surface area contributed by atoms with Crippen LogP contribution in [-0.4, -0.2) is 29.5 Å². The number of hydrogen-bond acceptors (Lipinski definition) is 3. The SMILES string of the molecule is Cc1ccc2c(c1)[nH]c(=S)n2C1(C)CCS(=O)(=O)C1. The third-order valence-corrected chi connectivity index (χ3v) is 6.03. The molecule has 0 saturated carbocycles. The summed E-state index contributed by atoms with van der Waals surface area (Å²) in [7, 11) is -2.95. The van der Waals surface area contributed by atoms with Crippen LogP contribution in [0.2, 0.25) is 0 Å². The van der Waals surface area contributed by atoms with Crippen molar-refractivity contribution in [3.8, 4) is 0 Å². The monoisotopic (exact) mass is 296 g/mol. The Hall–Kier alpha value is -1.14. The average molecular weight is 296 g/mol. The van der Waals surface area contributed by atoms with E-state index in [0.717, 1.165) is 16.6 Å². The van der Waals surface area contributed by atoms with Crippen LogP contribution < -0.4 is 0 Å². The zero-order valence-electron chi connectivity index (χ0n) is 10.9. The van der Waals surface area contributed by atoms with E-state index in [1.54, 1.807) is 0 Å². The maximum absolute atomic E-state index is 11.8. The molecule has 0 bridgehead atoms. The lowest BCUT2D eigenvalue weighted by molar-refractivity contribution is 0.372. The van der Waals surface area contributed by atoms with E-state index < -0.39 is 15.4 Å². The second-order valence-electron chi connectivity index (χ2n) is 5.63. The van der Waals surface area contributed by atoms with Gasteiger partial charge in [0, 0.05) is 0 Å². The molecular weight excluding hydrogens is 280 g/mol. The van der Waals surface area contributed by atoms with Gasteiger partial charge in [0.15, 0.2) is 14.6 Å². The Bertz CT molecular complexity index is 817. The summed E-state index contributed by atoms with van der Waals surface area (Å²) < 4.78 is 26.1. The van der Waals surface area contributed by atoms with E-state index in [-0.39, 0.29) is 11.5 Å². The van der Waals surface area contributed by atoms with E-state index in [9.17, 15) is 8.42 Å². The van der Waals surface area contributed by atoms with Crippen LogP contribution in [0.5, 0.6) is 0 Å². The minimum Gasteiger partial charge on any atom is -0.331 e. The summed E-state index contributed by atoms with van der Waals surface area (Å²) in [5.74, 6) is 0.402. The molecule has 0 amide bonds. The molecule has 0 aliphatic carbocycles. The summed E-state index contributed by atoms with van der Waals surface area (Å²) in [6, 6.07) is 6.07. The first-order valence-electron chi connectivity index (χ1n) is 6.23. The zero-order valence-corrected chi connectivity index (χ0v) is 12.6. The Kier molecular flexibility index (Phi) is 2.66. The van der Waals surface area contributed by atoms with Crippen molar-refractivity contribution in [1.82, 2.24) is 9.55 Å². The summed E-state index contributed by atoms with van der Waals surface area (Å²) in [5.41, 5.74) is 2.66. The number of aromatic nitrogens is 2. The van der Waals surface area contributed by atoms with Gasteiger partial charge < -0.3 is 9.55 Å². The highest BCUT2D eigenvalue weighted by molar-refractivity contribution is 7.91. The molecule has 4 nitrogen and oxygen atoms in total. The van der Waals surface area contributed by atoms with Gasteiger partial charge in [-0.15, -0.1) is 0 Å². The Morgan fingerprint density at radius 2 is 2.16 bits per heavy atom. The van der Waals surface area contributed by atoms with Gasteiger partial charge in [-0.05, 0) is 50.2 Å². The van der Waals surface area contributed by atoms with Crippen molar-refractivity contribution in [2.24, 2.45) is 0 Å². The number of rotatable bonds is 1. The molecule has 1 aliphatic rings. The number of benzene rings is 1. The first-order chi connectivity index (χ1) is 8.81. The smallest absolute Gasteiger partial charge is 0.178 e. The lowest BCUT2D eigenvalue weighted by Crippen LogP contribution is -2.31. The fourth-order valence-electron chi connectivity index (χ4n) is 2.93. The van der Waals surface area contributed by atoms with Gasteiger partial charge in [-0.1, -0.05) is 6.07 Å². The summed E-state index contributed by atoms with van der Waals surface area (Å²) in [4.78, 5) is 3.18. The molecule has 1 N–H and O–H groups in total. The number of aryl methyl sites for hydroxylation is 1. The Balaban J connectivity index is 2.26. The summed E-state index contributed by atoms with van der Waals surface area (Å²) in [6.45, 7) is 4.00. The average Bonchev–Trinajstić information content (AvgIpc) is 2.75. The van der Waals surface area contributed by atoms with E-state index in [0.29, 0.717) is 11.2 Å². The van der Waals surface area contributed by atoms with E-state index in [1.165, 1.54) is 0 Å². The number of nitrogens with one attached hydrogen (secondary N) is 1. The Labute approximate surface area is 117 Å². The van der Waals surface area contributed by atoms with E-state index in [4.69, 9.17) is 12.2 Å². The van der Waals surface area contributed by atoms with Crippen LogP contribution in [-0.2, 0) is 15.4 Å². The number of fused-ring (bicyclic) bond motifs is 1. The van der Waals surface area contributed by atoms with Gasteiger partial charge in [-0.2, -0.15) is 0 Å². The van der Waals surface area contributed by atoms with Crippen molar-refractivity contribution in [3.63, 3.8) is 0 Å². The molecule has 19 heavy (non-hydrogen) atoms. The first kappa shape index (κ1) is 12.9. The third kappa shape index (κ3) is 2.03. The van der Waals surface area contributed by atoms with Gasteiger partial charge in [-0.3, -0.25) is 0 Å². The maximum Gasteiger partial charge on any atom is 0.178 e. The summed E-state index contributed by atoms with van der Waals surface area (Å²) in [6.07, 6.45) is 0.616. The van der Waals surface area contributed by atoms with Crippen molar-refractivity contribution in [1.29, 1.82) is 0 Å². The van der Waals surface area contributed by atoms with Crippen molar-refractivity contribution in [3.05, 3.63) is 28.5 Å². The minimum absolute atomic E-state index is 0.162. The van der Waals surface area contributed by atoms with Crippen molar-refractivity contribution < 1.29 is 8.42 Å². The maximum atomic E-state index is 11.8. The number of nitrogens with zero attached hydrogens (tertiary/aromatic N) is 1. The molecule has 1 fully saturated rings. The molecule has 2 aromatic rings. The number of sulfone groups is 1. The molecule has 1 unspecified atom stereocenters. The minimum atomic E-state index is -2.95. The molecular formula is C13H16N2O2S2. The van der Waals surface area contributed by atoms with Crippen LogP contribution >= 0.6 is 12.2 Å². The fourth-order valence-corrected chi connectivity index (χ4v) is 5.48. The lowest BCUT2D eigenvalue weighted by atomic mass is 10.0. The van der Waals surface area contributed by atoms with Gasteiger partial charge in [0.25, 0.3) is 0 Å². The highest BCUT2D eigenvalue weighted by atomic mass is 32.2. The van der Waals surface area contributed by atoms with Gasteiger partial charge in [0.1, 0.15) is 0 Å². The largest absolute Gasteiger partial charge is 0.331 e. The predicted octanol–water partition coefficient (Wildman–Crippen LogP) is 2.54. The van der Waals surface area contributed by atoms with Crippen LogP contribution in [0.4, 0.5) is 0 Å². The number of imidazole rings is 1.